The standard InChI is InChI=1S/C18H22BrNO/c1-12(2)16-9-4-5-10-17(16)21-18(13(3)20)14-7-6-8-15(19)11-14/h4-13,18H,20H2,1-3H3. The monoisotopic (exact) mass is 347 g/mol. The van der Waals surface area contributed by atoms with Crippen molar-refractivity contribution in [2.45, 2.75) is 38.8 Å². The van der Waals surface area contributed by atoms with Gasteiger partial charge in [-0.15, -0.1) is 0 Å². The molecule has 0 fully saturated rings. The van der Waals surface area contributed by atoms with Gasteiger partial charge in [-0.3, -0.25) is 0 Å². The van der Waals surface area contributed by atoms with Crippen LogP contribution in [0.25, 0.3) is 0 Å². The molecular weight excluding hydrogens is 326 g/mol. The number of hydrogen-bond donors (Lipinski definition) is 1. The SMILES string of the molecule is CC(C)c1ccccc1OC(c1cccc(Br)c1)C(C)N. The van der Waals surface area contributed by atoms with Crippen molar-refractivity contribution in [2.75, 3.05) is 0 Å². The highest BCUT2D eigenvalue weighted by atomic mass is 79.9. The first kappa shape index (κ1) is 16.1. The third-order valence-corrected chi connectivity index (χ3v) is 3.94. The molecule has 2 rings (SSSR count). The minimum atomic E-state index is -0.164. The Morgan fingerprint density at radius 2 is 1.71 bits per heavy atom. The van der Waals surface area contributed by atoms with Gasteiger partial charge < -0.3 is 10.5 Å². The zero-order chi connectivity index (χ0) is 15.4. The van der Waals surface area contributed by atoms with Gasteiger partial charge in [0.2, 0.25) is 0 Å². The van der Waals surface area contributed by atoms with E-state index in [0.717, 1.165) is 15.8 Å². The number of halogens is 1. The molecule has 2 unspecified atom stereocenters. The van der Waals surface area contributed by atoms with Gasteiger partial charge in [0.15, 0.2) is 0 Å². The fourth-order valence-electron chi connectivity index (χ4n) is 2.36. The van der Waals surface area contributed by atoms with E-state index in [0.29, 0.717) is 5.92 Å². The molecule has 2 atom stereocenters. The maximum Gasteiger partial charge on any atom is 0.139 e. The van der Waals surface area contributed by atoms with Crippen molar-refractivity contribution in [3.8, 4) is 5.75 Å². The molecule has 0 bridgehead atoms. The van der Waals surface area contributed by atoms with E-state index in [1.54, 1.807) is 0 Å². The lowest BCUT2D eigenvalue weighted by Gasteiger charge is -2.25. The fraction of sp³-hybridized carbons (Fsp3) is 0.333. The second-order valence-electron chi connectivity index (χ2n) is 5.65. The Kier molecular flexibility index (Phi) is 5.43. The second-order valence-corrected chi connectivity index (χ2v) is 6.56. The van der Waals surface area contributed by atoms with Crippen LogP contribution in [0.15, 0.2) is 53.0 Å². The first-order chi connectivity index (χ1) is 9.99. The van der Waals surface area contributed by atoms with E-state index in [1.807, 2.05) is 37.3 Å². The molecule has 0 aliphatic rings. The molecule has 112 valence electrons. The molecule has 2 N–H and O–H groups in total. The predicted octanol–water partition coefficient (Wildman–Crippen LogP) is 5.04. The van der Waals surface area contributed by atoms with Crippen LogP contribution in [-0.2, 0) is 0 Å². The average Bonchev–Trinajstić information content (AvgIpc) is 2.44. The van der Waals surface area contributed by atoms with E-state index in [9.17, 15) is 0 Å². The molecule has 0 spiro atoms. The van der Waals surface area contributed by atoms with Crippen molar-refractivity contribution in [1.29, 1.82) is 0 Å². The lowest BCUT2D eigenvalue weighted by molar-refractivity contribution is 0.178. The van der Waals surface area contributed by atoms with Gasteiger partial charge in [0.05, 0.1) is 0 Å². The summed E-state index contributed by atoms with van der Waals surface area (Å²) in [6, 6.07) is 16.2. The molecule has 21 heavy (non-hydrogen) atoms. The number of rotatable bonds is 5. The van der Waals surface area contributed by atoms with Gasteiger partial charge in [0, 0.05) is 10.5 Å². The topological polar surface area (TPSA) is 35.2 Å². The minimum absolute atomic E-state index is 0.0977. The zero-order valence-corrected chi connectivity index (χ0v) is 14.3. The molecule has 0 aliphatic carbocycles. The smallest absolute Gasteiger partial charge is 0.139 e. The summed E-state index contributed by atoms with van der Waals surface area (Å²) in [5, 5.41) is 0. The molecule has 0 heterocycles. The number of benzene rings is 2. The van der Waals surface area contributed by atoms with Gasteiger partial charge in [0.25, 0.3) is 0 Å². The summed E-state index contributed by atoms with van der Waals surface area (Å²) in [5.74, 6) is 1.33. The molecular formula is C18H22BrNO. The van der Waals surface area contributed by atoms with Crippen LogP contribution in [0, 0.1) is 0 Å². The molecule has 2 nitrogen and oxygen atoms in total. The van der Waals surface area contributed by atoms with Crippen molar-refractivity contribution in [3.63, 3.8) is 0 Å². The van der Waals surface area contributed by atoms with Gasteiger partial charge >= 0.3 is 0 Å². The van der Waals surface area contributed by atoms with Crippen molar-refractivity contribution < 1.29 is 4.74 Å². The molecule has 0 aliphatic heterocycles. The number of nitrogens with two attached hydrogens (primary N) is 1. The summed E-state index contributed by atoms with van der Waals surface area (Å²) in [4.78, 5) is 0. The van der Waals surface area contributed by atoms with Crippen LogP contribution < -0.4 is 10.5 Å². The quantitative estimate of drug-likeness (QED) is 0.822. The number of hydrogen-bond acceptors (Lipinski definition) is 2. The highest BCUT2D eigenvalue weighted by Crippen LogP contribution is 2.31. The third-order valence-electron chi connectivity index (χ3n) is 3.45. The number of para-hydroxylation sites is 1. The lowest BCUT2D eigenvalue weighted by atomic mass is 10.0. The summed E-state index contributed by atoms with van der Waals surface area (Å²) in [6.45, 7) is 6.31. The van der Waals surface area contributed by atoms with E-state index in [2.05, 4.69) is 48.0 Å². The summed E-state index contributed by atoms with van der Waals surface area (Å²) in [6.07, 6.45) is -0.164. The molecule has 2 aromatic carbocycles. The predicted molar refractivity (Wildman–Crippen MR) is 91.7 cm³/mol. The molecule has 0 amide bonds. The Hall–Kier alpha value is -1.32. The fourth-order valence-corrected chi connectivity index (χ4v) is 2.78. The van der Waals surface area contributed by atoms with Gasteiger partial charge in [-0.25, -0.2) is 0 Å². The molecule has 0 radical (unpaired) electrons. The van der Waals surface area contributed by atoms with Crippen LogP contribution in [0.4, 0.5) is 0 Å². The first-order valence-electron chi connectivity index (χ1n) is 7.25. The maximum absolute atomic E-state index is 6.26. The van der Waals surface area contributed by atoms with Crippen molar-refractivity contribution in [1.82, 2.24) is 0 Å². The summed E-state index contributed by atoms with van der Waals surface area (Å²) in [5.41, 5.74) is 8.44. The Morgan fingerprint density at radius 3 is 2.33 bits per heavy atom. The van der Waals surface area contributed by atoms with E-state index in [-0.39, 0.29) is 12.1 Å². The van der Waals surface area contributed by atoms with E-state index in [1.165, 1.54) is 5.56 Å². The van der Waals surface area contributed by atoms with Crippen LogP contribution >= 0.6 is 15.9 Å². The van der Waals surface area contributed by atoms with E-state index < -0.39 is 0 Å². The Morgan fingerprint density at radius 1 is 1.00 bits per heavy atom. The van der Waals surface area contributed by atoms with Crippen molar-refractivity contribution >= 4 is 15.9 Å². The van der Waals surface area contributed by atoms with Crippen molar-refractivity contribution in [2.24, 2.45) is 5.73 Å². The zero-order valence-electron chi connectivity index (χ0n) is 12.7. The Labute approximate surface area is 135 Å². The number of ether oxygens (including phenoxy) is 1. The van der Waals surface area contributed by atoms with E-state index in [4.69, 9.17) is 10.5 Å². The summed E-state index contributed by atoms with van der Waals surface area (Å²) < 4.78 is 7.30. The molecule has 0 saturated carbocycles. The van der Waals surface area contributed by atoms with Crippen LogP contribution in [0.1, 0.15) is 43.9 Å². The van der Waals surface area contributed by atoms with Crippen LogP contribution in [0.5, 0.6) is 5.75 Å². The summed E-state index contributed by atoms with van der Waals surface area (Å²) >= 11 is 3.51. The Bertz CT molecular complexity index is 595. The van der Waals surface area contributed by atoms with Gasteiger partial charge in [0.1, 0.15) is 11.9 Å². The molecule has 3 heteroatoms. The lowest BCUT2D eigenvalue weighted by Crippen LogP contribution is -2.29. The van der Waals surface area contributed by atoms with Gasteiger partial charge in [-0.1, -0.05) is 60.1 Å². The van der Waals surface area contributed by atoms with Crippen molar-refractivity contribution in [3.05, 3.63) is 64.1 Å². The normalized spacial score (nSPS) is 14.0. The molecule has 2 aromatic rings. The second kappa shape index (κ2) is 7.10. The van der Waals surface area contributed by atoms with E-state index >= 15 is 0 Å². The highest BCUT2D eigenvalue weighted by molar-refractivity contribution is 9.10. The molecule has 0 saturated heterocycles. The largest absolute Gasteiger partial charge is 0.484 e. The van der Waals surface area contributed by atoms with Gasteiger partial charge in [-0.05, 0) is 42.2 Å². The first-order valence-corrected chi connectivity index (χ1v) is 8.05. The summed E-state index contributed by atoms with van der Waals surface area (Å²) in [7, 11) is 0. The average molecular weight is 348 g/mol. The van der Waals surface area contributed by atoms with Gasteiger partial charge in [-0.2, -0.15) is 0 Å². The Balaban J connectivity index is 2.34. The van der Waals surface area contributed by atoms with Crippen LogP contribution in [0.3, 0.4) is 0 Å². The third kappa shape index (κ3) is 4.08. The minimum Gasteiger partial charge on any atom is -0.484 e. The highest BCUT2D eigenvalue weighted by Gasteiger charge is 2.20. The van der Waals surface area contributed by atoms with Crippen LogP contribution in [0.2, 0.25) is 0 Å². The van der Waals surface area contributed by atoms with Crippen LogP contribution in [-0.4, -0.2) is 6.04 Å². The molecule has 0 aromatic heterocycles. The maximum atomic E-state index is 6.26.